The topological polar surface area (TPSA) is 61.8 Å². The van der Waals surface area contributed by atoms with Gasteiger partial charge >= 0.3 is 11.9 Å². The van der Waals surface area contributed by atoms with Gasteiger partial charge in [-0.25, -0.2) is 9.59 Å². The minimum Gasteiger partial charge on any atom is -0.466 e. The number of esters is 2. The number of rotatable bonds is 4. The molecular weight excluding hydrogens is 380 g/mol. The van der Waals surface area contributed by atoms with Crippen LogP contribution in [0.25, 0.3) is 0 Å². The maximum absolute atomic E-state index is 13.2. The fraction of sp³-hybridized carbons (Fsp3) is 0.360. The highest BCUT2D eigenvalue weighted by atomic mass is 16.6. The van der Waals surface area contributed by atoms with Crippen molar-refractivity contribution >= 4 is 11.9 Å². The van der Waals surface area contributed by atoms with Crippen molar-refractivity contribution in [3.63, 3.8) is 0 Å². The van der Waals surface area contributed by atoms with E-state index in [9.17, 15) is 9.59 Å². The molecule has 0 radical (unpaired) electrons. The molecule has 2 bridgehead atoms. The molecule has 0 amide bonds. The van der Waals surface area contributed by atoms with Crippen LogP contribution >= 0.6 is 0 Å². The normalized spacial score (nSPS) is 24.6. The molecule has 0 saturated heterocycles. The van der Waals surface area contributed by atoms with Crippen LogP contribution < -0.4 is 0 Å². The molecule has 0 spiro atoms. The van der Waals surface area contributed by atoms with Gasteiger partial charge in [-0.1, -0.05) is 75.4 Å². The maximum Gasteiger partial charge on any atom is 0.338 e. The van der Waals surface area contributed by atoms with Crippen LogP contribution in [0, 0.1) is 5.41 Å². The monoisotopic (exact) mass is 406 g/mol. The summed E-state index contributed by atoms with van der Waals surface area (Å²) in [4.78, 5) is 26.3. The lowest BCUT2D eigenvalue weighted by atomic mass is 9.66. The molecule has 2 aromatic carbocycles. The molecule has 2 atom stereocenters. The Bertz CT molecular complexity index is 1050. The Kier molecular flexibility index (Phi) is 4.62. The highest BCUT2D eigenvalue weighted by Gasteiger charge is 2.69. The number of ether oxygens (including phenoxy) is 3. The van der Waals surface area contributed by atoms with Crippen LogP contribution in [0.1, 0.15) is 43.9 Å². The molecule has 0 aromatic heterocycles. The summed E-state index contributed by atoms with van der Waals surface area (Å²) in [5.74, 6) is -1.17. The van der Waals surface area contributed by atoms with Crippen molar-refractivity contribution in [2.24, 2.45) is 5.41 Å². The van der Waals surface area contributed by atoms with E-state index in [-0.39, 0.29) is 16.6 Å². The highest BCUT2D eigenvalue weighted by Crippen LogP contribution is 2.66. The largest absolute Gasteiger partial charge is 0.466 e. The van der Waals surface area contributed by atoms with Gasteiger partial charge in [0.05, 0.1) is 25.4 Å². The van der Waals surface area contributed by atoms with Gasteiger partial charge in [0, 0.05) is 0 Å². The Morgan fingerprint density at radius 1 is 0.833 bits per heavy atom. The van der Waals surface area contributed by atoms with Crippen LogP contribution in [0.4, 0.5) is 0 Å². The van der Waals surface area contributed by atoms with Gasteiger partial charge in [0.2, 0.25) is 0 Å². The molecule has 2 unspecified atom stereocenters. The lowest BCUT2D eigenvalue weighted by Crippen LogP contribution is -2.36. The first-order chi connectivity index (χ1) is 14.2. The average molecular weight is 406 g/mol. The molecular formula is C25H26O5. The zero-order valence-electron chi connectivity index (χ0n) is 17.9. The van der Waals surface area contributed by atoms with Crippen LogP contribution in [-0.4, -0.2) is 26.2 Å². The first-order valence-electron chi connectivity index (χ1n) is 9.99. The Hall–Kier alpha value is -2.92. The van der Waals surface area contributed by atoms with Gasteiger partial charge in [-0.3, -0.25) is 0 Å². The van der Waals surface area contributed by atoms with Crippen LogP contribution in [0.3, 0.4) is 0 Å². The van der Waals surface area contributed by atoms with Gasteiger partial charge in [-0.05, 0) is 28.5 Å². The second kappa shape index (κ2) is 6.81. The smallest absolute Gasteiger partial charge is 0.338 e. The Labute approximate surface area is 176 Å². The Morgan fingerprint density at radius 3 is 1.93 bits per heavy atom. The third-order valence-corrected chi connectivity index (χ3v) is 5.81. The van der Waals surface area contributed by atoms with E-state index < -0.39 is 23.1 Å². The molecule has 0 saturated carbocycles. The predicted molar refractivity (Wildman–Crippen MR) is 112 cm³/mol. The average Bonchev–Trinajstić information content (AvgIpc) is 3.19. The quantitative estimate of drug-likeness (QED) is 0.711. The summed E-state index contributed by atoms with van der Waals surface area (Å²) in [5, 5.41) is 0. The number of hydrogen-bond donors (Lipinski definition) is 0. The molecule has 2 heterocycles. The van der Waals surface area contributed by atoms with Crippen molar-refractivity contribution in [2.75, 3.05) is 14.2 Å². The van der Waals surface area contributed by atoms with Crippen molar-refractivity contribution in [2.45, 2.75) is 38.4 Å². The summed E-state index contributed by atoms with van der Waals surface area (Å²) in [7, 11) is 2.64. The first kappa shape index (κ1) is 20.4. The van der Waals surface area contributed by atoms with E-state index >= 15 is 0 Å². The summed E-state index contributed by atoms with van der Waals surface area (Å²) in [6, 6.07) is 17.3. The maximum atomic E-state index is 13.2. The zero-order chi connectivity index (χ0) is 21.7. The van der Waals surface area contributed by atoms with Crippen molar-refractivity contribution in [1.82, 2.24) is 0 Å². The number of methoxy groups -OCH3 is 2. The van der Waals surface area contributed by atoms with Crippen LogP contribution in [0.5, 0.6) is 0 Å². The lowest BCUT2D eigenvalue weighted by molar-refractivity contribution is -0.141. The number of fused-ring (bicyclic) bond motifs is 5. The van der Waals surface area contributed by atoms with Crippen LogP contribution in [-0.2, 0) is 35.0 Å². The molecule has 2 aliphatic heterocycles. The fourth-order valence-corrected chi connectivity index (χ4v) is 4.98. The summed E-state index contributed by atoms with van der Waals surface area (Å²) in [5.41, 5.74) is 0.393. The second-order valence-corrected chi connectivity index (χ2v) is 8.99. The molecule has 0 fully saturated rings. The van der Waals surface area contributed by atoms with E-state index in [0.29, 0.717) is 6.42 Å². The van der Waals surface area contributed by atoms with Gasteiger partial charge in [0.25, 0.3) is 0 Å². The minimum absolute atomic E-state index is 0.200. The van der Waals surface area contributed by atoms with E-state index in [1.54, 1.807) is 0 Å². The zero-order valence-corrected chi connectivity index (χ0v) is 17.9. The number of carbonyl (C=O) groups excluding carboxylic acids is 2. The van der Waals surface area contributed by atoms with E-state index in [2.05, 4.69) is 20.8 Å². The molecule has 5 heteroatoms. The van der Waals surface area contributed by atoms with Gasteiger partial charge in [-0.15, -0.1) is 0 Å². The molecule has 0 aliphatic carbocycles. The summed E-state index contributed by atoms with van der Waals surface area (Å²) >= 11 is 0. The van der Waals surface area contributed by atoms with Crippen molar-refractivity contribution in [3.05, 3.63) is 82.4 Å². The van der Waals surface area contributed by atoms with Gasteiger partial charge in [0.15, 0.2) is 5.60 Å². The first-order valence-corrected chi connectivity index (χ1v) is 9.99. The van der Waals surface area contributed by atoms with Gasteiger partial charge in [0.1, 0.15) is 5.60 Å². The van der Waals surface area contributed by atoms with E-state index in [0.717, 1.165) is 16.7 Å². The predicted octanol–water partition coefficient (Wildman–Crippen LogP) is 4.25. The molecule has 2 aliphatic rings. The number of carbonyl (C=O) groups is 2. The molecule has 2 aromatic rings. The molecule has 4 rings (SSSR count). The summed E-state index contributed by atoms with van der Waals surface area (Å²) < 4.78 is 17.2. The molecule has 156 valence electrons. The highest BCUT2D eigenvalue weighted by molar-refractivity contribution is 6.06. The third-order valence-electron chi connectivity index (χ3n) is 5.81. The Morgan fingerprint density at radius 2 is 1.37 bits per heavy atom. The van der Waals surface area contributed by atoms with Gasteiger partial charge in [-0.2, -0.15) is 0 Å². The number of benzene rings is 2. The fourth-order valence-electron chi connectivity index (χ4n) is 4.98. The molecule has 5 nitrogen and oxygen atoms in total. The number of hydrogen-bond acceptors (Lipinski definition) is 5. The minimum atomic E-state index is -1.24. The van der Waals surface area contributed by atoms with Crippen LogP contribution in [0.15, 0.2) is 65.7 Å². The Balaban J connectivity index is 2.16. The van der Waals surface area contributed by atoms with Crippen molar-refractivity contribution in [1.29, 1.82) is 0 Å². The van der Waals surface area contributed by atoms with E-state index in [1.165, 1.54) is 14.2 Å². The van der Waals surface area contributed by atoms with Crippen molar-refractivity contribution in [3.8, 4) is 0 Å². The van der Waals surface area contributed by atoms with E-state index in [4.69, 9.17) is 14.2 Å². The third kappa shape index (κ3) is 2.65. The van der Waals surface area contributed by atoms with E-state index in [1.807, 2.05) is 54.6 Å². The van der Waals surface area contributed by atoms with Gasteiger partial charge < -0.3 is 14.2 Å². The van der Waals surface area contributed by atoms with Crippen LogP contribution in [0.2, 0.25) is 0 Å². The lowest BCUT2D eigenvalue weighted by Gasteiger charge is -2.35. The SMILES string of the molecule is COC(=O)C1=C(C(=O)OC)C2(c3ccccc3)OC1(CC(C)(C)C)c1ccccc12. The molecule has 0 N–H and O–H groups in total. The van der Waals surface area contributed by atoms with Crippen molar-refractivity contribution < 1.29 is 23.8 Å². The summed E-state index contributed by atoms with van der Waals surface area (Å²) in [6.07, 6.45) is 0.497. The summed E-state index contributed by atoms with van der Waals surface area (Å²) in [6.45, 7) is 6.25. The standard InChI is InChI=1S/C25H26O5/c1-23(2,3)15-24-17-13-9-10-14-18(17)25(30-24,16-11-7-6-8-12-16)20(22(27)29-5)19(24)21(26)28-4/h6-14H,15H2,1-5H3. The molecule has 30 heavy (non-hydrogen) atoms. The second-order valence-electron chi connectivity index (χ2n) is 8.99.